The molecule has 0 radical (unpaired) electrons. The Morgan fingerprint density at radius 1 is 1.20 bits per heavy atom. The zero-order valence-electron chi connectivity index (χ0n) is 14.7. The van der Waals surface area contributed by atoms with Gasteiger partial charge in [-0.15, -0.1) is 0 Å². The molecule has 0 aromatic heterocycles. The largest absolute Gasteiger partial charge is 0.480 e. The predicted octanol–water partition coefficient (Wildman–Crippen LogP) is 0.451. The van der Waals surface area contributed by atoms with Gasteiger partial charge in [0.1, 0.15) is 6.04 Å². The first-order valence-corrected chi connectivity index (χ1v) is 9.01. The van der Waals surface area contributed by atoms with Gasteiger partial charge in [0.25, 0.3) is 11.8 Å². The van der Waals surface area contributed by atoms with Crippen LogP contribution in [0.15, 0.2) is 0 Å². The number of carbonyl (C=O) groups excluding carboxylic acids is 2. The first-order chi connectivity index (χ1) is 11.9. The summed E-state index contributed by atoms with van der Waals surface area (Å²) >= 11 is 0. The normalized spacial score (nSPS) is 30.7. The van der Waals surface area contributed by atoms with Gasteiger partial charge in [0.2, 0.25) is 0 Å². The number of hydrogen-bond donors (Lipinski definition) is 1. The van der Waals surface area contributed by atoms with Gasteiger partial charge >= 0.3 is 5.97 Å². The Bertz CT molecular complexity index is 545. The van der Waals surface area contributed by atoms with E-state index >= 15 is 0 Å². The van der Waals surface area contributed by atoms with Crippen LogP contribution in [0.1, 0.15) is 39.5 Å². The number of ether oxygens (including phenoxy) is 2. The molecule has 8 heteroatoms. The van der Waals surface area contributed by atoms with E-state index in [0.717, 1.165) is 19.3 Å². The molecule has 3 rings (SSSR count). The van der Waals surface area contributed by atoms with Crippen LogP contribution < -0.4 is 0 Å². The summed E-state index contributed by atoms with van der Waals surface area (Å²) in [7, 11) is 0. The molecule has 3 heterocycles. The smallest absolute Gasteiger partial charge is 0.326 e. The minimum Gasteiger partial charge on any atom is -0.480 e. The molecule has 1 N–H and O–H groups in total. The van der Waals surface area contributed by atoms with Crippen molar-refractivity contribution in [3.63, 3.8) is 0 Å². The van der Waals surface area contributed by atoms with E-state index in [4.69, 9.17) is 9.47 Å². The van der Waals surface area contributed by atoms with Gasteiger partial charge in [0.15, 0.2) is 18.5 Å². The fourth-order valence-corrected chi connectivity index (χ4v) is 3.76. The molecule has 0 aromatic carbocycles. The molecule has 2 bridgehead atoms. The second-order valence-corrected chi connectivity index (χ2v) is 7.40. The van der Waals surface area contributed by atoms with E-state index in [1.165, 1.54) is 4.90 Å². The van der Waals surface area contributed by atoms with Crippen molar-refractivity contribution in [3.05, 3.63) is 0 Å². The third-order valence-corrected chi connectivity index (χ3v) is 5.01. The van der Waals surface area contributed by atoms with Crippen LogP contribution in [0.25, 0.3) is 0 Å². The highest BCUT2D eigenvalue weighted by atomic mass is 16.7. The highest BCUT2D eigenvalue weighted by Gasteiger charge is 2.54. The van der Waals surface area contributed by atoms with E-state index in [-0.39, 0.29) is 18.4 Å². The monoisotopic (exact) mass is 354 g/mol. The number of carboxylic acids is 1. The summed E-state index contributed by atoms with van der Waals surface area (Å²) < 4.78 is 11.2. The van der Waals surface area contributed by atoms with Crippen LogP contribution in [0.2, 0.25) is 0 Å². The van der Waals surface area contributed by atoms with E-state index in [0.29, 0.717) is 19.5 Å². The number of piperidine rings is 1. The minimum atomic E-state index is -1.04. The van der Waals surface area contributed by atoms with E-state index in [2.05, 4.69) is 0 Å². The summed E-state index contributed by atoms with van der Waals surface area (Å²) in [6, 6.07) is -0.922. The maximum Gasteiger partial charge on any atom is 0.326 e. The van der Waals surface area contributed by atoms with E-state index < -0.39 is 36.4 Å². The second kappa shape index (κ2) is 7.29. The molecule has 3 aliphatic heterocycles. The van der Waals surface area contributed by atoms with E-state index in [1.54, 1.807) is 4.90 Å². The highest BCUT2D eigenvalue weighted by molar-refractivity contribution is 5.94. The SMILES string of the molecule is CC(C)C[C@@H](C(=O)O)N1C[C@@H]2O[C@H](C1=O)[C@H](C(=O)N1CCCCC1)O2. The average molecular weight is 354 g/mol. The van der Waals surface area contributed by atoms with Crippen LogP contribution in [-0.4, -0.2) is 76.9 Å². The van der Waals surface area contributed by atoms with Gasteiger partial charge in [-0.05, 0) is 31.6 Å². The molecule has 0 aromatic rings. The van der Waals surface area contributed by atoms with Crippen molar-refractivity contribution in [1.29, 1.82) is 0 Å². The Kier molecular flexibility index (Phi) is 5.29. The lowest BCUT2D eigenvalue weighted by Crippen LogP contribution is -2.57. The van der Waals surface area contributed by atoms with Crippen LogP contribution in [-0.2, 0) is 23.9 Å². The fourth-order valence-electron chi connectivity index (χ4n) is 3.76. The standard InChI is InChI=1S/C17H26N2O6/c1-10(2)8-11(17(22)23)19-9-12-24-13(14(25-12)16(19)21)15(20)18-6-4-3-5-7-18/h10-14H,3-9H2,1-2H3,(H,22,23)/t11-,12-,13+,14-/m0/s1. The van der Waals surface area contributed by atoms with Crippen molar-refractivity contribution in [3.8, 4) is 0 Å². The van der Waals surface area contributed by atoms with Crippen LogP contribution in [0.4, 0.5) is 0 Å². The third-order valence-electron chi connectivity index (χ3n) is 5.01. The Hall–Kier alpha value is -1.67. The molecule has 3 saturated heterocycles. The summed E-state index contributed by atoms with van der Waals surface area (Å²) in [5.74, 6) is -1.60. The van der Waals surface area contributed by atoms with Gasteiger partial charge in [-0.1, -0.05) is 13.8 Å². The lowest BCUT2D eigenvalue weighted by atomic mass is 10.0. The number of carbonyl (C=O) groups is 3. The maximum absolute atomic E-state index is 12.8. The molecule has 8 nitrogen and oxygen atoms in total. The summed E-state index contributed by atoms with van der Waals surface area (Å²) in [5.41, 5.74) is 0. The topological polar surface area (TPSA) is 96.4 Å². The Morgan fingerprint density at radius 3 is 2.48 bits per heavy atom. The van der Waals surface area contributed by atoms with Crippen molar-refractivity contribution >= 4 is 17.8 Å². The molecule has 2 amide bonds. The first-order valence-electron chi connectivity index (χ1n) is 9.01. The van der Waals surface area contributed by atoms with E-state index in [1.807, 2.05) is 13.8 Å². The number of carboxylic acid groups (broad SMARTS) is 1. The zero-order valence-corrected chi connectivity index (χ0v) is 14.7. The number of fused-ring (bicyclic) bond motifs is 2. The Labute approximate surface area is 147 Å². The van der Waals surface area contributed by atoms with Crippen molar-refractivity contribution < 1.29 is 29.0 Å². The van der Waals surface area contributed by atoms with E-state index in [9.17, 15) is 19.5 Å². The summed E-state index contributed by atoms with van der Waals surface area (Å²) in [5, 5.41) is 9.51. The lowest BCUT2D eigenvalue weighted by Gasteiger charge is -2.35. The third kappa shape index (κ3) is 3.64. The maximum atomic E-state index is 12.8. The molecule has 140 valence electrons. The van der Waals surface area contributed by atoms with Crippen molar-refractivity contribution in [2.45, 2.75) is 64.1 Å². The molecular formula is C17H26N2O6. The number of nitrogens with zero attached hydrogens (tertiary/aromatic N) is 2. The minimum absolute atomic E-state index is 0.0444. The number of amides is 2. The summed E-state index contributed by atoms with van der Waals surface area (Å²) in [4.78, 5) is 40.2. The highest BCUT2D eigenvalue weighted by Crippen LogP contribution is 2.31. The van der Waals surface area contributed by atoms with Gasteiger partial charge in [-0.25, -0.2) is 4.79 Å². The molecule has 0 aliphatic carbocycles. The van der Waals surface area contributed by atoms with Crippen LogP contribution >= 0.6 is 0 Å². The molecule has 0 spiro atoms. The van der Waals surface area contributed by atoms with Gasteiger partial charge in [0.05, 0.1) is 6.54 Å². The summed E-state index contributed by atoms with van der Waals surface area (Å²) in [6.07, 6.45) is 0.601. The van der Waals surface area contributed by atoms with Crippen LogP contribution in [0.5, 0.6) is 0 Å². The molecule has 3 aliphatic rings. The average Bonchev–Trinajstić information content (AvgIpc) is 2.95. The molecule has 25 heavy (non-hydrogen) atoms. The summed E-state index contributed by atoms with van der Waals surface area (Å²) in [6.45, 7) is 5.20. The van der Waals surface area contributed by atoms with Gasteiger partial charge < -0.3 is 24.4 Å². The quantitative estimate of drug-likeness (QED) is 0.770. The zero-order chi connectivity index (χ0) is 18.1. The number of aliphatic carboxylic acids is 1. The second-order valence-electron chi connectivity index (χ2n) is 7.40. The van der Waals surface area contributed by atoms with Gasteiger partial charge in [-0.3, -0.25) is 9.59 Å². The van der Waals surface area contributed by atoms with Crippen molar-refractivity contribution in [2.24, 2.45) is 5.92 Å². The fraction of sp³-hybridized carbons (Fsp3) is 0.824. The number of hydrogen-bond acceptors (Lipinski definition) is 5. The van der Waals surface area contributed by atoms with Crippen molar-refractivity contribution in [1.82, 2.24) is 9.80 Å². The van der Waals surface area contributed by atoms with Gasteiger partial charge in [-0.2, -0.15) is 0 Å². The first kappa shape index (κ1) is 18.1. The molecular weight excluding hydrogens is 328 g/mol. The Balaban J connectivity index is 1.74. The Morgan fingerprint density at radius 2 is 1.88 bits per heavy atom. The number of rotatable bonds is 5. The van der Waals surface area contributed by atoms with Gasteiger partial charge in [0, 0.05) is 13.1 Å². The molecule has 0 unspecified atom stereocenters. The lowest BCUT2D eigenvalue weighted by molar-refractivity contribution is -0.173. The molecule has 3 fully saturated rings. The van der Waals surface area contributed by atoms with Crippen molar-refractivity contribution in [2.75, 3.05) is 19.6 Å². The number of likely N-dealkylation sites (tertiary alicyclic amines) is 1. The van der Waals surface area contributed by atoms with Crippen LogP contribution in [0.3, 0.4) is 0 Å². The molecule has 4 atom stereocenters. The predicted molar refractivity (Wildman–Crippen MR) is 86.6 cm³/mol. The van der Waals surface area contributed by atoms with Crippen LogP contribution in [0, 0.1) is 5.92 Å². The number of morpholine rings is 1. The molecule has 0 saturated carbocycles.